The number of rotatable bonds is 6. The van der Waals surface area contributed by atoms with Crippen LogP contribution in [0.15, 0.2) is 65.5 Å². The molecule has 8 nitrogen and oxygen atoms in total. The van der Waals surface area contributed by atoms with Crippen LogP contribution in [0.3, 0.4) is 0 Å². The van der Waals surface area contributed by atoms with Crippen molar-refractivity contribution < 1.29 is 14.3 Å². The summed E-state index contributed by atoms with van der Waals surface area (Å²) in [5, 5.41) is 2.66. The number of hydrogen-bond donors (Lipinski definition) is 1. The third-order valence-electron chi connectivity index (χ3n) is 6.46. The maximum absolute atomic E-state index is 13.1. The van der Waals surface area contributed by atoms with Crippen LogP contribution >= 0.6 is 0 Å². The summed E-state index contributed by atoms with van der Waals surface area (Å²) in [5.74, 6) is -1.18. The number of aryl methyl sites for hydroxylation is 2. The van der Waals surface area contributed by atoms with E-state index in [9.17, 15) is 14.4 Å². The van der Waals surface area contributed by atoms with Gasteiger partial charge in [0, 0.05) is 24.1 Å². The molecule has 36 heavy (non-hydrogen) atoms. The van der Waals surface area contributed by atoms with Gasteiger partial charge in [-0.2, -0.15) is 0 Å². The number of esters is 1. The minimum atomic E-state index is -1.11. The van der Waals surface area contributed by atoms with Gasteiger partial charge in [0.2, 0.25) is 0 Å². The average molecular weight is 487 g/mol. The molecule has 0 saturated carbocycles. The van der Waals surface area contributed by atoms with Crippen molar-refractivity contribution in [2.45, 2.75) is 40.7 Å². The number of aromatic nitrogens is 3. The van der Waals surface area contributed by atoms with Gasteiger partial charge in [0.05, 0.1) is 16.9 Å². The van der Waals surface area contributed by atoms with Crippen molar-refractivity contribution in [1.82, 2.24) is 13.9 Å². The van der Waals surface area contributed by atoms with Gasteiger partial charge < -0.3 is 14.6 Å². The second kappa shape index (κ2) is 9.73. The molecule has 1 amide bonds. The normalized spacial score (nSPS) is 11.8. The fourth-order valence-corrected chi connectivity index (χ4v) is 4.37. The van der Waals surface area contributed by atoms with Crippen LogP contribution < -0.4 is 10.9 Å². The lowest BCUT2D eigenvalue weighted by Crippen LogP contribution is -2.32. The number of carbonyl (C=O) groups is 2. The topological polar surface area (TPSA) is 87.3 Å². The van der Waals surface area contributed by atoms with Crippen LogP contribution in [0.2, 0.25) is 0 Å². The van der Waals surface area contributed by atoms with E-state index < -0.39 is 18.0 Å². The highest BCUT2D eigenvalue weighted by molar-refractivity contribution is 5.98. The number of carbonyl (C=O) groups excluding carboxylic acids is 2. The standard InChI is InChI=1S/C28H30N4O4/c1-17-12-10-11-15-24(17)31-18(2)16-23(19(31)3)28(35)36-21(5)26(33)29-25-20(4)30(6)32(27(25)34)22-13-8-7-9-14-22/h7-16,21H,1-6H3,(H,29,33). The van der Waals surface area contributed by atoms with Gasteiger partial charge >= 0.3 is 5.97 Å². The largest absolute Gasteiger partial charge is 0.449 e. The zero-order valence-corrected chi connectivity index (χ0v) is 21.3. The van der Waals surface area contributed by atoms with Crippen LogP contribution in [0.1, 0.15) is 39.9 Å². The van der Waals surface area contributed by atoms with E-state index in [1.54, 1.807) is 24.7 Å². The first kappa shape index (κ1) is 24.8. The maximum Gasteiger partial charge on any atom is 0.340 e. The van der Waals surface area contributed by atoms with E-state index in [1.165, 1.54) is 11.6 Å². The van der Waals surface area contributed by atoms with Gasteiger partial charge in [0.1, 0.15) is 5.69 Å². The monoisotopic (exact) mass is 486 g/mol. The lowest BCUT2D eigenvalue weighted by Gasteiger charge is -2.14. The lowest BCUT2D eigenvalue weighted by atomic mass is 10.2. The molecule has 0 aliphatic carbocycles. The first-order valence-corrected chi connectivity index (χ1v) is 11.7. The van der Waals surface area contributed by atoms with Gasteiger partial charge in [-0.05, 0) is 64.4 Å². The zero-order chi connectivity index (χ0) is 26.1. The number of ether oxygens (including phenoxy) is 1. The molecule has 1 unspecified atom stereocenters. The van der Waals surface area contributed by atoms with E-state index in [0.29, 0.717) is 16.9 Å². The molecule has 2 aromatic carbocycles. The molecule has 0 fully saturated rings. The fraction of sp³-hybridized carbons (Fsp3) is 0.250. The minimum Gasteiger partial charge on any atom is -0.449 e. The zero-order valence-electron chi connectivity index (χ0n) is 21.3. The average Bonchev–Trinajstić information content (AvgIpc) is 3.26. The third-order valence-corrected chi connectivity index (χ3v) is 6.46. The van der Waals surface area contributed by atoms with E-state index in [0.717, 1.165) is 22.6 Å². The third kappa shape index (κ3) is 4.37. The molecule has 0 bridgehead atoms. The Bertz CT molecular complexity index is 1510. The molecule has 0 aliphatic rings. The summed E-state index contributed by atoms with van der Waals surface area (Å²) in [6.45, 7) is 9.01. The number of hydrogen-bond acceptors (Lipinski definition) is 4. The van der Waals surface area contributed by atoms with E-state index in [2.05, 4.69) is 5.32 Å². The quantitative estimate of drug-likeness (QED) is 0.410. The van der Waals surface area contributed by atoms with Crippen molar-refractivity contribution in [1.29, 1.82) is 0 Å². The second-order valence-corrected chi connectivity index (χ2v) is 8.88. The van der Waals surface area contributed by atoms with E-state index >= 15 is 0 Å². The number of nitrogens with zero attached hydrogens (tertiary/aromatic N) is 3. The molecule has 2 aromatic heterocycles. The molecule has 1 atom stereocenters. The summed E-state index contributed by atoms with van der Waals surface area (Å²) in [5.41, 5.74) is 5.09. The summed E-state index contributed by atoms with van der Waals surface area (Å²) in [6.07, 6.45) is -1.11. The van der Waals surface area contributed by atoms with Gasteiger partial charge in [-0.1, -0.05) is 36.4 Å². The molecule has 2 heterocycles. The minimum absolute atomic E-state index is 0.145. The SMILES string of the molecule is Cc1ccccc1-n1c(C)cc(C(=O)OC(C)C(=O)Nc2c(C)n(C)n(-c3ccccc3)c2=O)c1C. The van der Waals surface area contributed by atoms with Gasteiger partial charge in [-0.15, -0.1) is 0 Å². The number of nitrogens with one attached hydrogen (secondary N) is 1. The Morgan fingerprint density at radius 3 is 2.22 bits per heavy atom. The van der Waals surface area contributed by atoms with Crippen LogP contribution in [0.5, 0.6) is 0 Å². The number of para-hydroxylation sites is 2. The number of amides is 1. The Morgan fingerprint density at radius 2 is 1.56 bits per heavy atom. The Labute approximate surface area is 209 Å². The summed E-state index contributed by atoms with van der Waals surface area (Å²) in [4.78, 5) is 39.0. The van der Waals surface area contributed by atoms with Gasteiger partial charge in [-0.25, -0.2) is 9.48 Å². The lowest BCUT2D eigenvalue weighted by molar-refractivity contribution is -0.123. The van der Waals surface area contributed by atoms with Crippen molar-refractivity contribution in [2.75, 3.05) is 5.32 Å². The van der Waals surface area contributed by atoms with Gasteiger partial charge in [0.25, 0.3) is 11.5 Å². The van der Waals surface area contributed by atoms with Crippen LogP contribution in [-0.4, -0.2) is 31.9 Å². The van der Waals surface area contributed by atoms with E-state index in [4.69, 9.17) is 4.74 Å². The highest BCUT2D eigenvalue weighted by atomic mass is 16.5. The molecule has 1 N–H and O–H groups in total. The van der Waals surface area contributed by atoms with Crippen LogP contribution in [0.4, 0.5) is 5.69 Å². The summed E-state index contributed by atoms with van der Waals surface area (Å²) < 4.78 is 10.6. The first-order chi connectivity index (χ1) is 17.1. The van der Waals surface area contributed by atoms with Crippen LogP contribution in [0.25, 0.3) is 11.4 Å². The number of benzene rings is 2. The molecule has 0 saturated heterocycles. The molecule has 0 aliphatic heterocycles. The Hall–Kier alpha value is -4.33. The van der Waals surface area contributed by atoms with Crippen LogP contribution in [0, 0.1) is 27.7 Å². The molecular formula is C28H30N4O4. The highest BCUT2D eigenvalue weighted by Gasteiger charge is 2.26. The Morgan fingerprint density at radius 1 is 0.917 bits per heavy atom. The highest BCUT2D eigenvalue weighted by Crippen LogP contribution is 2.24. The van der Waals surface area contributed by atoms with Crippen molar-refractivity contribution in [3.05, 3.63) is 99.2 Å². The predicted molar refractivity (Wildman–Crippen MR) is 139 cm³/mol. The maximum atomic E-state index is 13.1. The smallest absolute Gasteiger partial charge is 0.340 e. The Balaban J connectivity index is 1.54. The van der Waals surface area contributed by atoms with Crippen molar-refractivity contribution in [3.8, 4) is 11.4 Å². The Kier molecular flexibility index (Phi) is 6.70. The molecule has 4 rings (SSSR count). The molecule has 4 aromatic rings. The van der Waals surface area contributed by atoms with Gasteiger partial charge in [0.15, 0.2) is 6.10 Å². The molecule has 0 spiro atoms. The molecule has 8 heteroatoms. The predicted octanol–water partition coefficient (Wildman–Crippen LogP) is 4.38. The van der Waals surface area contributed by atoms with Crippen molar-refractivity contribution >= 4 is 17.6 Å². The van der Waals surface area contributed by atoms with Crippen molar-refractivity contribution in [3.63, 3.8) is 0 Å². The van der Waals surface area contributed by atoms with Crippen molar-refractivity contribution in [2.24, 2.45) is 7.05 Å². The van der Waals surface area contributed by atoms with Crippen LogP contribution in [-0.2, 0) is 16.6 Å². The number of anilines is 1. The molecule has 0 radical (unpaired) electrons. The molecular weight excluding hydrogens is 456 g/mol. The summed E-state index contributed by atoms with van der Waals surface area (Å²) >= 11 is 0. The van der Waals surface area contributed by atoms with Gasteiger partial charge in [-0.3, -0.25) is 14.3 Å². The summed E-state index contributed by atoms with van der Waals surface area (Å²) in [7, 11) is 1.74. The first-order valence-electron chi connectivity index (χ1n) is 11.7. The van der Waals surface area contributed by atoms with E-state index in [-0.39, 0.29) is 11.2 Å². The second-order valence-electron chi connectivity index (χ2n) is 8.88. The van der Waals surface area contributed by atoms with E-state index in [1.807, 2.05) is 79.9 Å². The molecule has 186 valence electrons. The summed E-state index contributed by atoms with van der Waals surface area (Å²) in [6, 6.07) is 18.8. The fourth-order valence-electron chi connectivity index (χ4n) is 4.37.